The summed E-state index contributed by atoms with van der Waals surface area (Å²) in [7, 11) is 0. The van der Waals surface area contributed by atoms with Crippen molar-refractivity contribution in [1.82, 2.24) is 0 Å². The molecular formula is C9H16O4. The zero-order valence-electron chi connectivity index (χ0n) is 7.99. The maximum atomic E-state index is 11.0. The third-order valence-electron chi connectivity index (χ3n) is 2.82. The molecule has 4 nitrogen and oxygen atoms in total. The summed E-state index contributed by atoms with van der Waals surface area (Å²) in [6.07, 6.45) is -0.176. The molecule has 1 saturated carbocycles. The van der Waals surface area contributed by atoms with Crippen molar-refractivity contribution < 1.29 is 19.7 Å². The van der Waals surface area contributed by atoms with Crippen LogP contribution >= 0.6 is 0 Å². The SMILES string of the molecule is CCOC(C)C1(C(=O)O)CC(O)C1. The normalized spacial score (nSPS) is 35.2. The molecule has 0 amide bonds. The van der Waals surface area contributed by atoms with Gasteiger partial charge in [0.05, 0.1) is 17.6 Å². The van der Waals surface area contributed by atoms with Gasteiger partial charge in [-0.15, -0.1) is 0 Å². The number of carboxylic acid groups (broad SMARTS) is 1. The van der Waals surface area contributed by atoms with E-state index in [2.05, 4.69) is 0 Å². The van der Waals surface area contributed by atoms with Gasteiger partial charge in [-0.05, 0) is 26.7 Å². The number of carbonyl (C=O) groups is 1. The highest BCUT2D eigenvalue weighted by molar-refractivity contribution is 5.76. The molecule has 2 N–H and O–H groups in total. The smallest absolute Gasteiger partial charge is 0.312 e. The zero-order valence-corrected chi connectivity index (χ0v) is 7.99. The van der Waals surface area contributed by atoms with E-state index >= 15 is 0 Å². The van der Waals surface area contributed by atoms with Crippen molar-refractivity contribution in [2.24, 2.45) is 5.41 Å². The van der Waals surface area contributed by atoms with Crippen molar-refractivity contribution in [1.29, 1.82) is 0 Å². The fraction of sp³-hybridized carbons (Fsp3) is 0.889. The van der Waals surface area contributed by atoms with Crippen molar-refractivity contribution in [3.05, 3.63) is 0 Å². The molecule has 0 radical (unpaired) electrons. The first-order valence-corrected chi connectivity index (χ1v) is 4.56. The average molecular weight is 188 g/mol. The standard InChI is InChI=1S/C9H16O4/c1-3-13-6(2)9(8(11)12)4-7(10)5-9/h6-7,10H,3-5H2,1-2H3,(H,11,12). The van der Waals surface area contributed by atoms with E-state index < -0.39 is 17.5 Å². The Balaban J connectivity index is 2.64. The number of aliphatic hydroxyl groups is 1. The highest BCUT2D eigenvalue weighted by atomic mass is 16.5. The first-order chi connectivity index (χ1) is 6.03. The molecule has 1 aliphatic rings. The summed E-state index contributed by atoms with van der Waals surface area (Å²) >= 11 is 0. The summed E-state index contributed by atoms with van der Waals surface area (Å²) in [5, 5.41) is 18.1. The van der Waals surface area contributed by atoms with Gasteiger partial charge in [-0.25, -0.2) is 0 Å². The number of aliphatic carboxylic acids is 1. The molecule has 0 heterocycles. The van der Waals surface area contributed by atoms with Gasteiger partial charge in [-0.1, -0.05) is 0 Å². The highest BCUT2D eigenvalue weighted by Gasteiger charge is 2.54. The third kappa shape index (κ3) is 1.69. The van der Waals surface area contributed by atoms with Crippen LogP contribution in [0.15, 0.2) is 0 Å². The van der Waals surface area contributed by atoms with Crippen LogP contribution < -0.4 is 0 Å². The largest absolute Gasteiger partial charge is 0.481 e. The second kappa shape index (κ2) is 3.64. The summed E-state index contributed by atoms with van der Waals surface area (Å²) in [6.45, 7) is 4.09. The Bertz CT molecular complexity index is 196. The molecule has 13 heavy (non-hydrogen) atoms. The van der Waals surface area contributed by atoms with Gasteiger partial charge in [0.2, 0.25) is 0 Å². The Morgan fingerprint density at radius 2 is 2.23 bits per heavy atom. The summed E-state index contributed by atoms with van der Waals surface area (Å²) in [6, 6.07) is 0. The fourth-order valence-electron chi connectivity index (χ4n) is 1.87. The molecule has 0 aromatic rings. The summed E-state index contributed by atoms with van der Waals surface area (Å²) in [5.41, 5.74) is -0.852. The maximum absolute atomic E-state index is 11.0. The number of hydrogen-bond donors (Lipinski definition) is 2. The molecule has 1 unspecified atom stereocenters. The second-order valence-electron chi connectivity index (χ2n) is 3.62. The zero-order chi connectivity index (χ0) is 10.1. The molecule has 0 bridgehead atoms. The van der Waals surface area contributed by atoms with Crippen LogP contribution in [0.1, 0.15) is 26.7 Å². The van der Waals surface area contributed by atoms with E-state index in [0.717, 1.165) is 0 Å². The van der Waals surface area contributed by atoms with Gasteiger partial charge in [0.25, 0.3) is 0 Å². The lowest BCUT2D eigenvalue weighted by molar-refractivity contribution is -0.182. The molecule has 0 aromatic carbocycles. The lowest BCUT2D eigenvalue weighted by Gasteiger charge is -2.45. The topological polar surface area (TPSA) is 66.8 Å². The Morgan fingerprint density at radius 3 is 2.54 bits per heavy atom. The minimum absolute atomic E-state index is 0.309. The Labute approximate surface area is 77.5 Å². The molecule has 76 valence electrons. The Kier molecular flexibility index (Phi) is 2.93. The van der Waals surface area contributed by atoms with Gasteiger partial charge in [0.15, 0.2) is 0 Å². The minimum atomic E-state index is -0.862. The number of hydrogen-bond acceptors (Lipinski definition) is 3. The molecule has 4 heteroatoms. The van der Waals surface area contributed by atoms with Crippen LogP contribution in [0, 0.1) is 5.41 Å². The molecular weight excluding hydrogens is 172 g/mol. The highest BCUT2D eigenvalue weighted by Crippen LogP contribution is 2.45. The number of carboxylic acids is 1. The van der Waals surface area contributed by atoms with Crippen molar-refractivity contribution >= 4 is 5.97 Å². The first kappa shape index (κ1) is 10.5. The predicted molar refractivity (Wildman–Crippen MR) is 46.4 cm³/mol. The van der Waals surface area contributed by atoms with Crippen LogP contribution in [0.3, 0.4) is 0 Å². The Hall–Kier alpha value is -0.610. The third-order valence-corrected chi connectivity index (χ3v) is 2.82. The van der Waals surface area contributed by atoms with Crippen molar-refractivity contribution in [3.63, 3.8) is 0 Å². The fourth-order valence-corrected chi connectivity index (χ4v) is 1.87. The van der Waals surface area contributed by atoms with Crippen LogP contribution in [0.5, 0.6) is 0 Å². The average Bonchev–Trinajstić information content (AvgIpc) is 1.98. The second-order valence-corrected chi connectivity index (χ2v) is 3.62. The van der Waals surface area contributed by atoms with Gasteiger partial charge in [-0.2, -0.15) is 0 Å². The lowest BCUT2D eigenvalue weighted by atomic mass is 9.63. The summed E-state index contributed by atoms with van der Waals surface area (Å²) in [4.78, 5) is 11.0. The van der Waals surface area contributed by atoms with Crippen molar-refractivity contribution in [3.8, 4) is 0 Å². The molecule has 0 aromatic heterocycles. The van der Waals surface area contributed by atoms with Crippen LogP contribution in [-0.2, 0) is 9.53 Å². The van der Waals surface area contributed by atoms with E-state index in [1.807, 2.05) is 6.92 Å². The van der Waals surface area contributed by atoms with Gasteiger partial charge < -0.3 is 14.9 Å². The monoisotopic (exact) mass is 188 g/mol. The maximum Gasteiger partial charge on any atom is 0.312 e. The predicted octanol–water partition coefficient (Wildman–Crippen LogP) is 0.637. The van der Waals surface area contributed by atoms with E-state index in [1.165, 1.54) is 0 Å². The van der Waals surface area contributed by atoms with E-state index in [0.29, 0.717) is 19.4 Å². The van der Waals surface area contributed by atoms with Gasteiger partial charge in [-0.3, -0.25) is 4.79 Å². The molecule has 1 rings (SSSR count). The van der Waals surface area contributed by atoms with Gasteiger partial charge >= 0.3 is 5.97 Å². The molecule has 1 fully saturated rings. The number of rotatable bonds is 4. The quantitative estimate of drug-likeness (QED) is 0.679. The van der Waals surface area contributed by atoms with Crippen LogP contribution in [0.25, 0.3) is 0 Å². The molecule has 1 aliphatic carbocycles. The van der Waals surface area contributed by atoms with Gasteiger partial charge in [0, 0.05) is 6.61 Å². The lowest BCUT2D eigenvalue weighted by Crippen LogP contribution is -2.54. The van der Waals surface area contributed by atoms with Crippen LogP contribution in [-0.4, -0.2) is 35.0 Å². The number of aliphatic hydroxyl groups excluding tert-OH is 1. The van der Waals surface area contributed by atoms with Crippen molar-refractivity contribution in [2.45, 2.75) is 38.9 Å². The Morgan fingerprint density at radius 1 is 1.69 bits per heavy atom. The first-order valence-electron chi connectivity index (χ1n) is 4.56. The molecule has 0 saturated heterocycles. The van der Waals surface area contributed by atoms with Crippen LogP contribution in [0.4, 0.5) is 0 Å². The molecule has 0 spiro atoms. The minimum Gasteiger partial charge on any atom is -0.481 e. The van der Waals surface area contributed by atoms with E-state index in [1.54, 1.807) is 6.92 Å². The van der Waals surface area contributed by atoms with E-state index in [4.69, 9.17) is 14.9 Å². The van der Waals surface area contributed by atoms with E-state index in [-0.39, 0.29) is 6.10 Å². The molecule has 0 aliphatic heterocycles. The molecule has 1 atom stereocenters. The summed E-state index contributed by atoms with van der Waals surface area (Å²) in [5.74, 6) is -0.862. The van der Waals surface area contributed by atoms with Crippen LogP contribution in [0.2, 0.25) is 0 Å². The van der Waals surface area contributed by atoms with Gasteiger partial charge in [0.1, 0.15) is 0 Å². The van der Waals surface area contributed by atoms with Crippen molar-refractivity contribution in [2.75, 3.05) is 6.61 Å². The number of ether oxygens (including phenoxy) is 1. The van der Waals surface area contributed by atoms with E-state index in [9.17, 15) is 4.79 Å². The summed E-state index contributed by atoms with van der Waals surface area (Å²) < 4.78 is 5.27.